The van der Waals surface area contributed by atoms with E-state index in [2.05, 4.69) is 30.9 Å². The maximum Gasteiger partial charge on any atom is 0.106 e. The largest absolute Gasteiger partial charge is 0.314 e. The van der Waals surface area contributed by atoms with Crippen LogP contribution in [0.4, 0.5) is 0 Å². The first kappa shape index (κ1) is 13.9. The fourth-order valence-electron chi connectivity index (χ4n) is 3.01. The van der Waals surface area contributed by atoms with Gasteiger partial charge in [-0.3, -0.25) is 0 Å². The Morgan fingerprint density at radius 3 is 2.95 bits per heavy atom. The van der Waals surface area contributed by atoms with Gasteiger partial charge in [-0.25, -0.2) is 4.98 Å². The van der Waals surface area contributed by atoms with Gasteiger partial charge in [0.2, 0.25) is 0 Å². The van der Waals surface area contributed by atoms with Crippen LogP contribution in [-0.2, 0) is 6.42 Å². The molecule has 1 fully saturated rings. The summed E-state index contributed by atoms with van der Waals surface area (Å²) in [6.45, 7) is 5.56. The van der Waals surface area contributed by atoms with Crippen LogP contribution in [0.2, 0.25) is 0 Å². The molecule has 2 heterocycles. The summed E-state index contributed by atoms with van der Waals surface area (Å²) in [5.74, 6) is 1.98. The lowest BCUT2D eigenvalue weighted by Crippen LogP contribution is -2.29. The average Bonchev–Trinajstić information content (AvgIpc) is 3.04. The number of thioether (sulfide) groups is 1. The number of aromatic nitrogens is 1. The summed E-state index contributed by atoms with van der Waals surface area (Å²) in [4.78, 5) is 6.64. The summed E-state index contributed by atoms with van der Waals surface area (Å²) in [7, 11) is 0. The lowest BCUT2D eigenvalue weighted by atomic mass is 9.91. The molecule has 2 unspecified atom stereocenters. The number of aryl methyl sites for hydroxylation is 1. The first-order valence-electron chi connectivity index (χ1n) is 7.58. The lowest BCUT2D eigenvalue weighted by Gasteiger charge is -2.22. The van der Waals surface area contributed by atoms with Crippen LogP contribution < -0.4 is 5.32 Å². The monoisotopic (exact) mass is 296 g/mol. The van der Waals surface area contributed by atoms with Crippen LogP contribution in [-0.4, -0.2) is 23.3 Å². The second kappa shape index (κ2) is 6.15. The topological polar surface area (TPSA) is 24.9 Å². The molecule has 3 rings (SSSR count). The summed E-state index contributed by atoms with van der Waals surface area (Å²) in [5.41, 5.74) is 1.44. The van der Waals surface area contributed by atoms with Crippen molar-refractivity contribution in [3.8, 4) is 0 Å². The maximum absolute atomic E-state index is 5.05. The third-order valence-electron chi connectivity index (χ3n) is 4.06. The van der Waals surface area contributed by atoms with Crippen molar-refractivity contribution in [2.75, 3.05) is 12.3 Å². The zero-order valence-electron chi connectivity index (χ0n) is 11.9. The third-order valence-corrected chi connectivity index (χ3v) is 6.84. The van der Waals surface area contributed by atoms with Gasteiger partial charge in [0.1, 0.15) is 5.01 Å². The van der Waals surface area contributed by atoms with Crippen molar-refractivity contribution in [2.45, 2.75) is 63.2 Å². The first-order chi connectivity index (χ1) is 9.24. The zero-order chi connectivity index (χ0) is 13.2. The van der Waals surface area contributed by atoms with Gasteiger partial charge >= 0.3 is 0 Å². The molecule has 1 aromatic rings. The Balaban J connectivity index is 1.75. The van der Waals surface area contributed by atoms with E-state index in [1.807, 2.05) is 11.3 Å². The number of hydrogen-bond donors (Lipinski definition) is 1. The Bertz CT molecular complexity index is 422. The van der Waals surface area contributed by atoms with Gasteiger partial charge in [-0.1, -0.05) is 13.8 Å². The molecule has 0 bridgehead atoms. The van der Waals surface area contributed by atoms with E-state index in [1.165, 1.54) is 48.6 Å². The van der Waals surface area contributed by atoms with E-state index in [1.54, 1.807) is 4.88 Å². The number of nitrogens with one attached hydrogen (secondary N) is 1. The SMILES string of the molecule is CC(C)NCC1CCCc2sc(C3CCCS3)nc21. The molecule has 4 heteroatoms. The highest BCUT2D eigenvalue weighted by atomic mass is 32.2. The smallest absolute Gasteiger partial charge is 0.106 e. The van der Waals surface area contributed by atoms with E-state index in [-0.39, 0.29) is 0 Å². The van der Waals surface area contributed by atoms with Crippen LogP contribution in [0.25, 0.3) is 0 Å². The van der Waals surface area contributed by atoms with Crippen molar-refractivity contribution in [1.29, 1.82) is 0 Å². The summed E-state index contributed by atoms with van der Waals surface area (Å²) in [6, 6.07) is 0.578. The van der Waals surface area contributed by atoms with Crippen molar-refractivity contribution < 1.29 is 0 Å². The van der Waals surface area contributed by atoms with Crippen molar-refractivity contribution in [2.24, 2.45) is 0 Å². The Morgan fingerprint density at radius 2 is 2.21 bits per heavy atom. The van der Waals surface area contributed by atoms with Crippen molar-refractivity contribution in [3.05, 3.63) is 15.6 Å². The van der Waals surface area contributed by atoms with Crippen LogP contribution in [0.3, 0.4) is 0 Å². The Kier molecular flexibility index (Phi) is 4.50. The molecule has 2 aliphatic rings. The fourth-order valence-corrected chi connectivity index (χ4v) is 5.72. The standard InChI is InChI=1S/C15H24N2S2/c1-10(2)16-9-11-5-3-6-12-14(11)17-15(19-12)13-7-4-8-18-13/h10-11,13,16H,3-9H2,1-2H3. The molecule has 2 nitrogen and oxygen atoms in total. The summed E-state index contributed by atoms with van der Waals surface area (Å²) in [5, 5.41) is 5.72. The molecule has 0 amide bonds. The van der Waals surface area contributed by atoms with Gasteiger partial charge in [0, 0.05) is 23.4 Å². The number of nitrogens with zero attached hydrogens (tertiary/aromatic N) is 1. The van der Waals surface area contributed by atoms with E-state index >= 15 is 0 Å². The maximum atomic E-state index is 5.05. The predicted octanol–water partition coefficient (Wildman–Crippen LogP) is 4.13. The lowest BCUT2D eigenvalue weighted by molar-refractivity contribution is 0.474. The molecule has 1 aromatic heterocycles. The van der Waals surface area contributed by atoms with E-state index in [9.17, 15) is 0 Å². The molecule has 0 saturated carbocycles. The van der Waals surface area contributed by atoms with Gasteiger partial charge in [0.15, 0.2) is 0 Å². The van der Waals surface area contributed by atoms with Gasteiger partial charge in [0.25, 0.3) is 0 Å². The summed E-state index contributed by atoms with van der Waals surface area (Å²) < 4.78 is 0. The van der Waals surface area contributed by atoms with Crippen LogP contribution in [0, 0.1) is 0 Å². The minimum Gasteiger partial charge on any atom is -0.314 e. The molecule has 1 aliphatic heterocycles. The van der Waals surface area contributed by atoms with Gasteiger partial charge < -0.3 is 5.32 Å². The first-order valence-corrected chi connectivity index (χ1v) is 9.45. The van der Waals surface area contributed by atoms with E-state index in [0.29, 0.717) is 17.2 Å². The number of thiazole rings is 1. The number of hydrogen-bond acceptors (Lipinski definition) is 4. The van der Waals surface area contributed by atoms with Gasteiger partial charge in [-0.15, -0.1) is 11.3 Å². The quantitative estimate of drug-likeness (QED) is 0.904. The van der Waals surface area contributed by atoms with Crippen LogP contribution in [0.5, 0.6) is 0 Å². The highest BCUT2D eigenvalue weighted by Gasteiger charge is 2.28. The highest BCUT2D eigenvalue weighted by Crippen LogP contribution is 2.44. The normalized spacial score (nSPS) is 26.9. The van der Waals surface area contributed by atoms with Gasteiger partial charge in [-0.2, -0.15) is 11.8 Å². The third kappa shape index (κ3) is 3.17. The van der Waals surface area contributed by atoms with E-state index in [4.69, 9.17) is 4.98 Å². The molecule has 2 atom stereocenters. The second-order valence-corrected chi connectivity index (χ2v) is 8.44. The minimum absolute atomic E-state index is 0.578. The van der Waals surface area contributed by atoms with Crippen molar-refractivity contribution in [1.82, 2.24) is 10.3 Å². The molecule has 106 valence electrons. The molecule has 0 spiro atoms. The van der Waals surface area contributed by atoms with Crippen molar-refractivity contribution >= 4 is 23.1 Å². The summed E-state index contributed by atoms with van der Waals surface area (Å²) in [6.07, 6.45) is 6.64. The molecule has 19 heavy (non-hydrogen) atoms. The fraction of sp³-hybridized carbons (Fsp3) is 0.800. The highest BCUT2D eigenvalue weighted by molar-refractivity contribution is 7.99. The number of fused-ring (bicyclic) bond motifs is 1. The van der Waals surface area contributed by atoms with Crippen LogP contribution in [0.1, 0.15) is 66.3 Å². The Hall–Kier alpha value is -0.0600. The summed E-state index contributed by atoms with van der Waals surface area (Å²) >= 11 is 4.12. The molecular weight excluding hydrogens is 272 g/mol. The van der Waals surface area contributed by atoms with Crippen LogP contribution in [0.15, 0.2) is 0 Å². The minimum atomic E-state index is 0.578. The zero-order valence-corrected chi connectivity index (χ0v) is 13.6. The van der Waals surface area contributed by atoms with Gasteiger partial charge in [-0.05, 0) is 37.9 Å². The molecule has 1 saturated heterocycles. The Morgan fingerprint density at radius 1 is 1.32 bits per heavy atom. The molecule has 0 radical (unpaired) electrons. The average molecular weight is 297 g/mol. The van der Waals surface area contributed by atoms with Gasteiger partial charge in [0.05, 0.1) is 10.9 Å². The van der Waals surface area contributed by atoms with E-state index < -0.39 is 0 Å². The molecular formula is C15H24N2S2. The molecule has 1 aliphatic carbocycles. The van der Waals surface area contributed by atoms with Crippen LogP contribution >= 0.6 is 23.1 Å². The number of rotatable bonds is 4. The second-order valence-electron chi connectivity index (χ2n) is 6.01. The molecule has 0 aromatic carbocycles. The Labute approximate surface area is 124 Å². The van der Waals surface area contributed by atoms with Crippen molar-refractivity contribution in [3.63, 3.8) is 0 Å². The predicted molar refractivity (Wildman–Crippen MR) is 85.4 cm³/mol. The van der Waals surface area contributed by atoms with E-state index in [0.717, 1.165) is 6.54 Å². The molecule has 1 N–H and O–H groups in total.